The predicted molar refractivity (Wildman–Crippen MR) is 78.0 cm³/mol. The molecule has 0 saturated heterocycles. The van der Waals surface area contributed by atoms with Gasteiger partial charge in [-0.1, -0.05) is 30.3 Å². The summed E-state index contributed by atoms with van der Waals surface area (Å²) in [6.45, 7) is 0.123. The number of aryl methyl sites for hydroxylation is 1. The van der Waals surface area contributed by atoms with Gasteiger partial charge in [-0.3, -0.25) is 9.48 Å². The molecule has 1 amide bonds. The van der Waals surface area contributed by atoms with E-state index in [-0.39, 0.29) is 13.0 Å². The summed E-state index contributed by atoms with van der Waals surface area (Å²) in [6, 6.07) is 10.2. The van der Waals surface area contributed by atoms with Crippen LogP contribution in [0, 0.1) is 0 Å². The third-order valence-corrected chi connectivity index (χ3v) is 3.10. The number of carbonyl (C=O) groups excluding carboxylic acids is 1. The fourth-order valence-corrected chi connectivity index (χ4v) is 2.04. The molecular formula is C15H17N3O4. The monoisotopic (exact) mass is 303 g/mol. The zero-order valence-corrected chi connectivity index (χ0v) is 12.1. The number of amides is 1. The Morgan fingerprint density at radius 2 is 2.05 bits per heavy atom. The fraction of sp³-hybridized carbons (Fsp3) is 0.267. The fourth-order valence-electron chi connectivity index (χ4n) is 2.04. The molecule has 7 nitrogen and oxygen atoms in total. The van der Waals surface area contributed by atoms with Gasteiger partial charge < -0.3 is 15.2 Å². The van der Waals surface area contributed by atoms with Crippen molar-refractivity contribution in [2.45, 2.75) is 19.1 Å². The molecule has 0 radical (unpaired) electrons. The summed E-state index contributed by atoms with van der Waals surface area (Å²) in [5.41, 5.74) is 1.45. The summed E-state index contributed by atoms with van der Waals surface area (Å²) in [6.07, 6.45) is 0.623. The predicted octanol–water partition coefficient (Wildman–Crippen LogP) is 1.86. The van der Waals surface area contributed by atoms with Crippen molar-refractivity contribution in [3.8, 4) is 0 Å². The molecule has 1 aromatic heterocycles. The number of benzene rings is 1. The number of aliphatic carboxylic acids is 1. The largest absolute Gasteiger partial charge is 0.481 e. The lowest BCUT2D eigenvalue weighted by Crippen LogP contribution is -2.31. The molecule has 1 atom stereocenters. The van der Waals surface area contributed by atoms with E-state index in [1.807, 2.05) is 30.3 Å². The lowest BCUT2D eigenvalue weighted by atomic mass is 10.1. The van der Waals surface area contributed by atoms with Gasteiger partial charge in [0.05, 0.1) is 18.2 Å². The Morgan fingerprint density at radius 1 is 1.32 bits per heavy atom. The highest BCUT2D eigenvalue weighted by molar-refractivity contribution is 5.71. The number of hydrogen-bond acceptors (Lipinski definition) is 4. The number of carboxylic acids is 1. The van der Waals surface area contributed by atoms with E-state index < -0.39 is 18.1 Å². The van der Waals surface area contributed by atoms with Gasteiger partial charge in [-0.05, 0) is 11.6 Å². The van der Waals surface area contributed by atoms with Crippen molar-refractivity contribution in [2.24, 2.45) is 7.05 Å². The average molecular weight is 303 g/mol. The topological polar surface area (TPSA) is 93.5 Å². The Balaban J connectivity index is 1.96. The van der Waals surface area contributed by atoms with Crippen LogP contribution in [0.5, 0.6) is 0 Å². The van der Waals surface area contributed by atoms with Crippen molar-refractivity contribution in [3.05, 3.63) is 53.9 Å². The summed E-state index contributed by atoms with van der Waals surface area (Å²) < 4.78 is 6.62. The van der Waals surface area contributed by atoms with Gasteiger partial charge in [0.2, 0.25) is 0 Å². The maximum atomic E-state index is 11.9. The number of carboxylic acid groups (broad SMARTS) is 1. The van der Waals surface area contributed by atoms with Crippen LogP contribution in [0.25, 0.3) is 0 Å². The molecule has 2 N–H and O–H groups in total. The van der Waals surface area contributed by atoms with Crippen molar-refractivity contribution in [1.29, 1.82) is 0 Å². The van der Waals surface area contributed by atoms with Crippen LogP contribution in [0.2, 0.25) is 0 Å². The van der Waals surface area contributed by atoms with Crippen molar-refractivity contribution < 1.29 is 19.4 Å². The lowest BCUT2D eigenvalue weighted by Gasteiger charge is -2.17. The molecular weight excluding hydrogens is 286 g/mol. The number of nitrogens with zero attached hydrogens (tertiary/aromatic N) is 2. The molecule has 2 rings (SSSR count). The van der Waals surface area contributed by atoms with Gasteiger partial charge in [0.15, 0.2) is 0 Å². The first-order valence-electron chi connectivity index (χ1n) is 6.73. The molecule has 116 valence electrons. The minimum atomic E-state index is -1.02. The number of carbonyl (C=O) groups is 2. The van der Waals surface area contributed by atoms with Gasteiger partial charge in [-0.2, -0.15) is 5.10 Å². The Hall–Kier alpha value is -2.83. The second kappa shape index (κ2) is 7.26. The first-order valence-corrected chi connectivity index (χ1v) is 6.73. The zero-order chi connectivity index (χ0) is 15.9. The van der Waals surface area contributed by atoms with Gasteiger partial charge in [0.25, 0.3) is 0 Å². The van der Waals surface area contributed by atoms with Gasteiger partial charge in [-0.15, -0.1) is 0 Å². The van der Waals surface area contributed by atoms with E-state index >= 15 is 0 Å². The molecule has 0 spiro atoms. The molecule has 1 aromatic carbocycles. The van der Waals surface area contributed by atoms with E-state index in [9.17, 15) is 9.59 Å². The highest BCUT2D eigenvalue weighted by atomic mass is 16.5. The number of alkyl carbamates (subject to hydrolysis) is 1. The van der Waals surface area contributed by atoms with Crippen molar-refractivity contribution in [2.75, 3.05) is 0 Å². The molecule has 0 bridgehead atoms. The first kappa shape index (κ1) is 15.6. The molecule has 7 heteroatoms. The van der Waals surface area contributed by atoms with E-state index in [2.05, 4.69) is 10.4 Å². The quantitative estimate of drug-likeness (QED) is 0.849. The van der Waals surface area contributed by atoms with Crippen molar-refractivity contribution in [1.82, 2.24) is 15.1 Å². The minimum Gasteiger partial charge on any atom is -0.481 e. The Kier molecular flexibility index (Phi) is 5.13. The molecule has 2 aromatic rings. The lowest BCUT2D eigenvalue weighted by molar-refractivity contribution is -0.137. The number of hydrogen-bond donors (Lipinski definition) is 2. The van der Waals surface area contributed by atoms with Crippen LogP contribution in [-0.4, -0.2) is 26.9 Å². The molecule has 1 heterocycles. The van der Waals surface area contributed by atoms with Crippen LogP contribution in [0.15, 0.2) is 42.6 Å². The van der Waals surface area contributed by atoms with Crippen LogP contribution < -0.4 is 5.32 Å². The summed E-state index contributed by atoms with van der Waals surface area (Å²) in [5, 5.41) is 15.5. The summed E-state index contributed by atoms with van der Waals surface area (Å²) >= 11 is 0. The minimum absolute atomic E-state index is 0.123. The van der Waals surface area contributed by atoms with Crippen LogP contribution in [0.4, 0.5) is 4.79 Å². The van der Waals surface area contributed by atoms with E-state index in [0.29, 0.717) is 5.69 Å². The highest BCUT2D eigenvalue weighted by Gasteiger charge is 2.21. The third kappa shape index (κ3) is 4.34. The van der Waals surface area contributed by atoms with Gasteiger partial charge in [0.1, 0.15) is 6.61 Å². The van der Waals surface area contributed by atoms with Gasteiger partial charge in [-0.25, -0.2) is 4.79 Å². The number of nitrogens with one attached hydrogen (secondary N) is 1. The van der Waals surface area contributed by atoms with Crippen LogP contribution in [0.3, 0.4) is 0 Å². The van der Waals surface area contributed by atoms with Crippen LogP contribution in [-0.2, 0) is 23.2 Å². The number of aromatic nitrogens is 2. The number of rotatable bonds is 6. The second-order valence-corrected chi connectivity index (χ2v) is 4.74. The third-order valence-electron chi connectivity index (χ3n) is 3.10. The van der Waals surface area contributed by atoms with E-state index in [4.69, 9.17) is 9.84 Å². The standard InChI is InChI=1S/C15H17N3O4/c1-18-13(7-8-16-18)12(9-14(19)20)17-15(21)22-10-11-5-3-2-4-6-11/h2-8,12H,9-10H2,1H3,(H,17,21)(H,19,20). The maximum Gasteiger partial charge on any atom is 0.408 e. The van der Waals surface area contributed by atoms with E-state index in [0.717, 1.165) is 5.56 Å². The van der Waals surface area contributed by atoms with Gasteiger partial charge in [0, 0.05) is 13.2 Å². The molecule has 22 heavy (non-hydrogen) atoms. The molecule has 0 fully saturated rings. The van der Waals surface area contributed by atoms with Crippen LogP contribution >= 0.6 is 0 Å². The second-order valence-electron chi connectivity index (χ2n) is 4.74. The Labute approximate surface area is 127 Å². The molecule has 0 saturated carbocycles. The molecule has 0 aliphatic carbocycles. The van der Waals surface area contributed by atoms with Gasteiger partial charge >= 0.3 is 12.1 Å². The highest BCUT2D eigenvalue weighted by Crippen LogP contribution is 2.16. The summed E-state index contributed by atoms with van der Waals surface area (Å²) in [5.74, 6) is -1.02. The van der Waals surface area contributed by atoms with Crippen molar-refractivity contribution in [3.63, 3.8) is 0 Å². The van der Waals surface area contributed by atoms with E-state index in [1.54, 1.807) is 19.3 Å². The molecule has 0 aliphatic heterocycles. The number of ether oxygens (including phenoxy) is 1. The van der Waals surface area contributed by atoms with Crippen LogP contribution in [0.1, 0.15) is 23.7 Å². The normalized spacial score (nSPS) is 11.7. The molecule has 0 aliphatic rings. The summed E-state index contributed by atoms with van der Waals surface area (Å²) in [4.78, 5) is 22.8. The smallest absolute Gasteiger partial charge is 0.408 e. The Bertz CT molecular complexity index is 639. The maximum absolute atomic E-state index is 11.9. The zero-order valence-electron chi connectivity index (χ0n) is 12.1. The first-order chi connectivity index (χ1) is 10.6. The molecule has 1 unspecified atom stereocenters. The average Bonchev–Trinajstić information content (AvgIpc) is 2.91. The SMILES string of the molecule is Cn1nccc1C(CC(=O)O)NC(=O)OCc1ccccc1. The van der Waals surface area contributed by atoms with Crippen molar-refractivity contribution >= 4 is 12.1 Å². The van der Waals surface area contributed by atoms with E-state index in [1.165, 1.54) is 4.68 Å². The Morgan fingerprint density at radius 3 is 2.64 bits per heavy atom. The summed E-state index contributed by atoms with van der Waals surface area (Å²) in [7, 11) is 1.68.